The molecule has 0 saturated heterocycles. The summed E-state index contributed by atoms with van der Waals surface area (Å²) in [5.74, 6) is 0.526. The minimum Gasteiger partial charge on any atom is -0.462 e. The van der Waals surface area contributed by atoms with E-state index < -0.39 is 11.5 Å². The van der Waals surface area contributed by atoms with Gasteiger partial charge in [-0.25, -0.2) is 9.78 Å². The first-order valence-electron chi connectivity index (χ1n) is 5.80. The summed E-state index contributed by atoms with van der Waals surface area (Å²) in [6.45, 7) is 6.14. The van der Waals surface area contributed by atoms with Crippen LogP contribution in [0.5, 0.6) is 0 Å². The van der Waals surface area contributed by atoms with E-state index in [9.17, 15) is 9.59 Å². The fourth-order valence-electron chi connectivity index (χ4n) is 1.34. The molecule has 0 aliphatic rings. The van der Waals surface area contributed by atoms with E-state index in [4.69, 9.17) is 4.74 Å². The monoisotopic (exact) mass is 238 g/mol. The molecule has 1 aromatic rings. The molecular formula is C12H18N2O3. The lowest BCUT2D eigenvalue weighted by Gasteiger charge is -2.05. The maximum absolute atomic E-state index is 11.6. The predicted octanol–water partition coefficient (Wildman–Crippen LogP) is 1.54. The van der Waals surface area contributed by atoms with Crippen molar-refractivity contribution in [1.82, 2.24) is 9.97 Å². The van der Waals surface area contributed by atoms with Crippen molar-refractivity contribution in [3.63, 3.8) is 0 Å². The van der Waals surface area contributed by atoms with Crippen LogP contribution in [0.4, 0.5) is 0 Å². The molecule has 0 radical (unpaired) electrons. The summed E-state index contributed by atoms with van der Waals surface area (Å²) in [5.41, 5.74) is -0.475. The third kappa shape index (κ3) is 4.01. The molecule has 17 heavy (non-hydrogen) atoms. The molecule has 0 saturated carbocycles. The number of nitrogens with zero attached hydrogens (tertiary/aromatic N) is 1. The van der Waals surface area contributed by atoms with E-state index in [-0.39, 0.29) is 12.2 Å². The number of aryl methyl sites for hydroxylation is 1. The molecule has 0 aliphatic carbocycles. The van der Waals surface area contributed by atoms with Crippen molar-refractivity contribution in [3.8, 4) is 0 Å². The van der Waals surface area contributed by atoms with Gasteiger partial charge in [0.2, 0.25) is 0 Å². The number of carbonyl (C=O) groups excluding carboxylic acids is 1. The van der Waals surface area contributed by atoms with Crippen molar-refractivity contribution in [2.24, 2.45) is 5.92 Å². The first-order chi connectivity index (χ1) is 8.04. The average Bonchev–Trinajstić information content (AvgIpc) is 2.26. The Balaban J connectivity index is 2.79. The lowest BCUT2D eigenvalue weighted by atomic mass is 10.1. The molecule has 1 rings (SSSR count). The van der Waals surface area contributed by atoms with Crippen LogP contribution in [0.15, 0.2) is 11.0 Å². The summed E-state index contributed by atoms with van der Waals surface area (Å²) in [7, 11) is 0. The number of aromatic nitrogens is 2. The Kier molecular flexibility index (Phi) is 4.87. The zero-order chi connectivity index (χ0) is 12.8. The van der Waals surface area contributed by atoms with Gasteiger partial charge in [-0.3, -0.25) is 4.79 Å². The first kappa shape index (κ1) is 13.4. The van der Waals surface area contributed by atoms with Gasteiger partial charge in [0.05, 0.1) is 6.61 Å². The van der Waals surface area contributed by atoms with E-state index in [1.54, 1.807) is 6.92 Å². The van der Waals surface area contributed by atoms with Gasteiger partial charge in [-0.15, -0.1) is 0 Å². The Morgan fingerprint density at radius 3 is 2.76 bits per heavy atom. The molecule has 0 atom stereocenters. The molecule has 1 N–H and O–H groups in total. The Bertz CT molecular complexity index is 438. The van der Waals surface area contributed by atoms with Crippen molar-refractivity contribution in [3.05, 3.63) is 27.9 Å². The molecule has 0 unspecified atom stereocenters. The Hall–Kier alpha value is -1.65. The summed E-state index contributed by atoms with van der Waals surface area (Å²) in [5, 5.41) is 0. The highest BCUT2D eigenvalue weighted by atomic mass is 16.5. The third-order valence-electron chi connectivity index (χ3n) is 2.31. The Morgan fingerprint density at radius 1 is 1.53 bits per heavy atom. The normalized spacial score (nSPS) is 10.6. The second-order valence-corrected chi connectivity index (χ2v) is 4.23. The minimum absolute atomic E-state index is 0.0415. The van der Waals surface area contributed by atoms with Gasteiger partial charge in [-0.1, -0.05) is 13.8 Å². The molecule has 0 bridgehead atoms. The molecule has 0 aromatic carbocycles. The number of rotatable bonds is 5. The number of nitrogens with one attached hydrogen (secondary N) is 1. The van der Waals surface area contributed by atoms with Crippen LogP contribution < -0.4 is 5.56 Å². The second kappa shape index (κ2) is 6.18. The second-order valence-electron chi connectivity index (χ2n) is 4.23. The van der Waals surface area contributed by atoms with Crippen LogP contribution >= 0.6 is 0 Å². The van der Waals surface area contributed by atoms with Crippen LogP contribution in [0.3, 0.4) is 0 Å². The summed E-state index contributed by atoms with van der Waals surface area (Å²) in [6.07, 6.45) is 2.93. The SMILES string of the molecule is CCOC(=O)c1cnc(CCC(C)C)[nH]c1=O. The molecule has 5 heteroatoms. The van der Waals surface area contributed by atoms with E-state index in [2.05, 4.69) is 23.8 Å². The number of ether oxygens (including phenoxy) is 1. The smallest absolute Gasteiger partial charge is 0.345 e. The van der Waals surface area contributed by atoms with Crippen LogP contribution in [0, 0.1) is 5.92 Å². The molecule has 0 aliphatic heterocycles. The highest BCUT2D eigenvalue weighted by Gasteiger charge is 2.12. The number of hydrogen-bond acceptors (Lipinski definition) is 4. The van der Waals surface area contributed by atoms with E-state index >= 15 is 0 Å². The third-order valence-corrected chi connectivity index (χ3v) is 2.31. The zero-order valence-electron chi connectivity index (χ0n) is 10.4. The van der Waals surface area contributed by atoms with E-state index in [1.807, 2.05) is 0 Å². The number of H-pyrrole nitrogens is 1. The van der Waals surface area contributed by atoms with Crippen LogP contribution in [0.2, 0.25) is 0 Å². The van der Waals surface area contributed by atoms with E-state index in [0.717, 1.165) is 6.42 Å². The maximum Gasteiger partial charge on any atom is 0.345 e. The van der Waals surface area contributed by atoms with E-state index in [0.29, 0.717) is 18.2 Å². The van der Waals surface area contributed by atoms with Crippen LogP contribution in [-0.4, -0.2) is 22.5 Å². The van der Waals surface area contributed by atoms with Crippen molar-refractivity contribution in [1.29, 1.82) is 0 Å². The predicted molar refractivity (Wildman–Crippen MR) is 64.0 cm³/mol. The quantitative estimate of drug-likeness (QED) is 0.790. The molecule has 0 spiro atoms. The van der Waals surface area contributed by atoms with E-state index in [1.165, 1.54) is 6.20 Å². The van der Waals surface area contributed by atoms with Gasteiger partial charge in [-0.2, -0.15) is 0 Å². The van der Waals surface area contributed by atoms with Gasteiger partial charge in [0, 0.05) is 12.6 Å². The average molecular weight is 238 g/mol. The van der Waals surface area contributed by atoms with Crippen LogP contribution in [-0.2, 0) is 11.2 Å². The summed E-state index contributed by atoms with van der Waals surface area (Å²) >= 11 is 0. The molecule has 1 heterocycles. The standard InChI is InChI=1S/C12H18N2O3/c1-4-17-12(16)9-7-13-10(14-11(9)15)6-5-8(2)3/h7-8H,4-6H2,1-3H3,(H,13,14,15). The highest BCUT2D eigenvalue weighted by molar-refractivity contribution is 5.88. The zero-order valence-corrected chi connectivity index (χ0v) is 10.4. The molecule has 1 aromatic heterocycles. The Labute approximate surface area is 100 Å². The van der Waals surface area contributed by atoms with Gasteiger partial charge >= 0.3 is 5.97 Å². The van der Waals surface area contributed by atoms with Crippen LogP contribution in [0.25, 0.3) is 0 Å². The lowest BCUT2D eigenvalue weighted by Crippen LogP contribution is -2.22. The van der Waals surface area contributed by atoms with Crippen molar-refractivity contribution in [2.45, 2.75) is 33.6 Å². The van der Waals surface area contributed by atoms with Gasteiger partial charge in [0.25, 0.3) is 5.56 Å². The Morgan fingerprint density at radius 2 is 2.24 bits per heavy atom. The van der Waals surface area contributed by atoms with Gasteiger partial charge in [0.1, 0.15) is 11.4 Å². The fourth-order valence-corrected chi connectivity index (χ4v) is 1.34. The fraction of sp³-hybridized carbons (Fsp3) is 0.583. The summed E-state index contributed by atoms with van der Waals surface area (Å²) in [6, 6.07) is 0. The maximum atomic E-state index is 11.6. The van der Waals surface area contributed by atoms with Crippen molar-refractivity contribution in [2.75, 3.05) is 6.61 Å². The molecular weight excluding hydrogens is 220 g/mol. The summed E-state index contributed by atoms with van der Waals surface area (Å²) < 4.78 is 4.75. The number of aromatic amines is 1. The molecule has 5 nitrogen and oxygen atoms in total. The molecule has 94 valence electrons. The van der Waals surface area contributed by atoms with Gasteiger partial charge in [-0.05, 0) is 19.3 Å². The number of carbonyl (C=O) groups is 1. The first-order valence-corrected chi connectivity index (χ1v) is 5.80. The number of hydrogen-bond donors (Lipinski definition) is 1. The largest absolute Gasteiger partial charge is 0.462 e. The van der Waals surface area contributed by atoms with Gasteiger partial charge in [0.15, 0.2) is 0 Å². The molecule has 0 fully saturated rings. The van der Waals surface area contributed by atoms with Gasteiger partial charge < -0.3 is 9.72 Å². The molecule has 0 amide bonds. The number of esters is 1. The van der Waals surface area contributed by atoms with Crippen molar-refractivity contribution < 1.29 is 9.53 Å². The summed E-state index contributed by atoms with van der Waals surface area (Å²) in [4.78, 5) is 29.6. The lowest BCUT2D eigenvalue weighted by molar-refractivity contribution is 0.0523. The minimum atomic E-state index is -0.628. The van der Waals surface area contributed by atoms with Crippen LogP contribution in [0.1, 0.15) is 43.4 Å². The topological polar surface area (TPSA) is 72.0 Å². The highest BCUT2D eigenvalue weighted by Crippen LogP contribution is 2.04. The van der Waals surface area contributed by atoms with Crippen molar-refractivity contribution >= 4 is 5.97 Å².